The highest BCUT2D eigenvalue weighted by molar-refractivity contribution is 5.64. The van der Waals surface area contributed by atoms with Gasteiger partial charge in [0.25, 0.3) is 0 Å². The molecule has 0 unspecified atom stereocenters. The second-order valence-corrected chi connectivity index (χ2v) is 5.48. The number of alkyl halides is 3. The molecule has 0 fully saturated rings. The van der Waals surface area contributed by atoms with Crippen molar-refractivity contribution in [2.24, 2.45) is 0 Å². The van der Waals surface area contributed by atoms with Crippen LogP contribution in [0, 0.1) is 6.92 Å². The number of benzene rings is 1. The lowest BCUT2D eigenvalue weighted by Crippen LogP contribution is -2.11. The highest BCUT2D eigenvalue weighted by atomic mass is 19.4. The van der Waals surface area contributed by atoms with E-state index in [9.17, 15) is 13.2 Å². The lowest BCUT2D eigenvalue weighted by molar-refractivity contribution is -0.141. The van der Waals surface area contributed by atoms with Crippen molar-refractivity contribution in [3.8, 4) is 17.3 Å². The minimum atomic E-state index is -4.60. The topological polar surface area (TPSA) is 59.9 Å². The number of hydrogen-bond donors (Lipinski definition) is 1. The number of halogens is 3. The number of anilines is 2. The van der Waals surface area contributed by atoms with Crippen LogP contribution in [0.2, 0.25) is 0 Å². The van der Waals surface area contributed by atoms with E-state index < -0.39 is 11.9 Å². The number of ether oxygens (including phenoxy) is 1. The molecule has 0 saturated heterocycles. The zero-order valence-electron chi connectivity index (χ0n) is 14.0. The van der Waals surface area contributed by atoms with Crippen LogP contribution in [-0.2, 0) is 6.18 Å². The molecule has 0 saturated carbocycles. The molecule has 1 aromatic carbocycles. The number of aromatic nitrogens is 3. The van der Waals surface area contributed by atoms with Gasteiger partial charge >= 0.3 is 6.18 Å². The van der Waals surface area contributed by atoms with Crippen molar-refractivity contribution in [1.82, 2.24) is 15.0 Å². The molecule has 0 radical (unpaired) electrons. The van der Waals surface area contributed by atoms with Crippen molar-refractivity contribution < 1.29 is 17.9 Å². The summed E-state index contributed by atoms with van der Waals surface area (Å²) in [5.74, 6) is 0.487. The largest absolute Gasteiger partial charge is 0.497 e. The molecular formula is C18H15F3N4O. The van der Waals surface area contributed by atoms with E-state index in [1.807, 2.05) is 6.92 Å². The SMILES string of the molecule is COc1ccc(C)c(Nc2cc(C(F)(F)F)nc(-c3ccccn3)n2)c1. The molecule has 0 amide bonds. The average Bonchev–Trinajstić information content (AvgIpc) is 2.63. The van der Waals surface area contributed by atoms with Crippen molar-refractivity contribution in [2.75, 3.05) is 12.4 Å². The van der Waals surface area contributed by atoms with Gasteiger partial charge in [-0.05, 0) is 30.7 Å². The second-order valence-electron chi connectivity index (χ2n) is 5.48. The molecule has 0 bridgehead atoms. The third-order valence-electron chi connectivity index (χ3n) is 3.62. The average molecular weight is 360 g/mol. The molecule has 0 aliphatic carbocycles. The lowest BCUT2D eigenvalue weighted by Gasteiger charge is -2.14. The van der Waals surface area contributed by atoms with Gasteiger partial charge in [0.1, 0.15) is 17.3 Å². The molecule has 26 heavy (non-hydrogen) atoms. The summed E-state index contributed by atoms with van der Waals surface area (Å²) in [5, 5.41) is 2.91. The Morgan fingerprint density at radius 1 is 1.04 bits per heavy atom. The van der Waals surface area contributed by atoms with Gasteiger partial charge in [0.15, 0.2) is 11.5 Å². The van der Waals surface area contributed by atoms with E-state index in [1.165, 1.54) is 13.3 Å². The highest BCUT2D eigenvalue weighted by Crippen LogP contribution is 2.32. The Labute approximate surface area is 147 Å². The van der Waals surface area contributed by atoms with Crippen molar-refractivity contribution in [2.45, 2.75) is 13.1 Å². The molecule has 134 valence electrons. The van der Waals surface area contributed by atoms with Crippen LogP contribution in [0.1, 0.15) is 11.3 Å². The Morgan fingerprint density at radius 2 is 1.85 bits per heavy atom. The van der Waals surface area contributed by atoms with Crippen molar-refractivity contribution in [1.29, 1.82) is 0 Å². The minimum Gasteiger partial charge on any atom is -0.497 e. The molecule has 0 spiro atoms. The third kappa shape index (κ3) is 3.90. The maximum absolute atomic E-state index is 13.2. The van der Waals surface area contributed by atoms with E-state index in [-0.39, 0.29) is 17.3 Å². The quantitative estimate of drug-likeness (QED) is 0.736. The predicted octanol–water partition coefficient (Wildman–Crippen LogP) is 4.62. The summed E-state index contributed by atoms with van der Waals surface area (Å²) in [4.78, 5) is 11.8. The molecule has 5 nitrogen and oxygen atoms in total. The van der Waals surface area contributed by atoms with Crippen LogP contribution in [0.3, 0.4) is 0 Å². The van der Waals surface area contributed by atoms with Gasteiger partial charge < -0.3 is 10.1 Å². The van der Waals surface area contributed by atoms with E-state index in [1.54, 1.807) is 36.4 Å². The Hall–Kier alpha value is -3.16. The molecule has 2 aromatic heterocycles. The summed E-state index contributed by atoms with van der Waals surface area (Å²) in [6, 6.07) is 11.0. The normalized spacial score (nSPS) is 11.3. The molecule has 3 rings (SSSR count). The van der Waals surface area contributed by atoms with Crippen LogP contribution >= 0.6 is 0 Å². The number of aryl methyl sites for hydroxylation is 1. The van der Waals surface area contributed by atoms with Crippen molar-refractivity contribution in [3.05, 3.63) is 59.9 Å². The first-order chi connectivity index (χ1) is 12.4. The number of nitrogens with zero attached hydrogens (tertiary/aromatic N) is 3. The summed E-state index contributed by atoms with van der Waals surface area (Å²) in [7, 11) is 1.51. The second kappa shape index (κ2) is 6.99. The van der Waals surface area contributed by atoms with Gasteiger partial charge in [-0.2, -0.15) is 13.2 Å². The maximum Gasteiger partial charge on any atom is 0.433 e. The number of nitrogens with one attached hydrogen (secondary N) is 1. The summed E-state index contributed by atoms with van der Waals surface area (Å²) in [5.41, 5.74) is 0.626. The van der Waals surface area contributed by atoms with E-state index in [2.05, 4.69) is 20.3 Å². The van der Waals surface area contributed by atoms with Crippen LogP contribution in [0.4, 0.5) is 24.7 Å². The summed E-state index contributed by atoms with van der Waals surface area (Å²) in [6.45, 7) is 1.83. The zero-order valence-corrected chi connectivity index (χ0v) is 14.0. The first kappa shape index (κ1) is 17.7. The van der Waals surface area contributed by atoms with Crippen molar-refractivity contribution >= 4 is 11.5 Å². The Balaban J connectivity index is 2.07. The van der Waals surface area contributed by atoms with Gasteiger partial charge in [-0.25, -0.2) is 9.97 Å². The fraction of sp³-hybridized carbons (Fsp3) is 0.167. The molecule has 8 heteroatoms. The molecule has 2 heterocycles. The minimum absolute atomic E-state index is 0.0179. The summed E-state index contributed by atoms with van der Waals surface area (Å²) >= 11 is 0. The monoisotopic (exact) mass is 360 g/mol. The van der Waals surface area contributed by atoms with Crippen LogP contribution in [0.5, 0.6) is 5.75 Å². The standard InChI is InChI=1S/C18H15F3N4O/c1-11-6-7-12(26-2)9-14(11)23-16-10-15(18(19,20)21)24-17(25-16)13-5-3-4-8-22-13/h3-10H,1-2H3,(H,23,24,25). The smallest absolute Gasteiger partial charge is 0.433 e. The van der Waals surface area contributed by atoms with Gasteiger partial charge in [0.2, 0.25) is 0 Å². The predicted molar refractivity (Wildman–Crippen MR) is 91.3 cm³/mol. The van der Waals surface area contributed by atoms with Gasteiger partial charge in [-0.3, -0.25) is 4.98 Å². The van der Waals surface area contributed by atoms with E-state index in [0.29, 0.717) is 11.4 Å². The van der Waals surface area contributed by atoms with E-state index >= 15 is 0 Å². The van der Waals surface area contributed by atoms with Crippen LogP contribution in [0.15, 0.2) is 48.7 Å². The fourth-order valence-corrected chi connectivity index (χ4v) is 2.27. The number of rotatable bonds is 4. The highest BCUT2D eigenvalue weighted by Gasteiger charge is 2.34. The van der Waals surface area contributed by atoms with Crippen LogP contribution < -0.4 is 10.1 Å². The van der Waals surface area contributed by atoms with Crippen molar-refractivity contribution in [3.63, 3.8) is 0 Å². The molecule has 1 N–H and O–H groups in total. The van der Waals surface area contributed by atoms with Gasteiger partial charge in [-0.1, -0.05) is 12.1 Å². The van der Waals surface area contributed by atoms with Gasteiger partial charge in [0, 0.05) is 24.0 Å². The van der Waals surface area contributed by atoms with Gasteiger partial charge in [-0.15, -0.1) is 0 Å². The molecule has 0 aliphatic heterocycles. The molecule has 0 atom stereocenters. The Morgan fingerprint density at radius 3 is 2.50 bits per heavy atom. The zero-order chi connectivity index (χ0) is 18.7. The Bertz CT molecular complexity index is 914. The number of methoxy groups -OCH3 is 1. The molecular weight excluding hydrogens is 345 g/mol. The van der Waals surface area contributed by atoms with Gasteiger partial charge in [0.05, 0.1) is 7.11 Å². The first-order valence-corrected chi connectivity index (χ1v) is 7.66. The van der Waals surface area contributed by atoms with E-state index in [0.717, 1.165) is 11.6 Å². The lowest BCUT2D eigenvalue weighted by atomic mass is 10.2. The molecule has 0 aliphatic rings. The van der Waals surface area contributed by atoms with Crippen LogP contribution in [0.25, 0.3) is 11.5 Å². The first-order valence-electron chi connectivity index (χ1n) is 7.66. The number of hydrogen-bond acceptors (Lipinski definition) is 5. The number of pyridine rings is 1. The van der Waals surface area contributed by atoms with Crippen LogP contribution in [-0.4, -0.2) is 22.1 Å². The fourth-order valence-electron chi connectivity index (χ4n) is 2.27. The third-order valence-corrected chi connectivity index (χ3v) is 3.62. The Kier molecular flexibility index (Phi) is 4.75. The van der Waals surface area contributed by atoms with E-state index in [4.69, 9.17) is 4.74 Å². The summed E-state index contributed by atoms with van der Waals surface area (Å²) < 4.78 is 44.9. The molecule has 3 aromatic rings. The maximum atomic E-state index is 13.2. The summed E-state index contributed by atoms with van der Waals surface area (Å²) in [6.07, 6.45) is -3.13.